The Balaban J connectivity index is 1.65. The van der Waals surface area contributed by atoms with Gasteiger partial charge >= 0.3 is 0 Å². The minimum atomic E-state index is -3.44. The van der Waals surface area contributed by atoms with Gasteiger partial charge in [0.2, 0.25) is 15.9 Å². The number of aliphatic imine (C=N–C) groups is 1. The lowest BCUT2D eigenvalue weighted by Crippen LogP contribution is -2.44. The van der Waals surface area contributed by atoms with E-state index in [9.17, 15) is 22.4 Å². The highest BCUT2D eigenvalue weighted by molar-refractivity contribution is 7.88. The van der Waals surface area contributed by atoms with Crippen molar-refractivity contribution in [1.82, 2.24) is 18.8 Å². The molecule has 2 aliphatic rings. The lowest BCUT2D eigenvalue weighted by molar-refractivity contribution is -0.117. The maximum atomic E-state index is 14.5. The fourth-order valence-corrected chi connectivity index (χ4v) is 5.42. The first-order valence-corrected chi connectivity index (χ1v) is 12.8. The summed E-state index contributed by atoms with van der Waals surface area (Å²) in [7, 11) is -3.44. The standard InChI is InChI=1S/C21H27FN6O4S/c1-33(31,32)27-7-6-13(17(22)12-27)10-24-21-25-11-15-8-14(9-18(23)29)20(30)28(19(15)26-21)16-4-2-3-5-16/h8,10-11,13,16-17H,2-7,9,12H2,1H3,(H2,23,29)/b24-10+/t13-,17+/m0/s1. The third-order valence-corrected chi connectivity index (χ3v) is 7.56. The van der Waals surface area contributed by atoms with Crippen LogP contribution in [-0.2, 0) is 21.2 Å². The topological polar surface area (TPSA) is 141 Å². The predicted molar refractivity (Wildman–Crippen MR) is 122 cm³/mol. The van der Waals surface area contributed by atoms with Gasteiger partial charge in [0.05, 0.1) is 12.7 Å². The molecule has 0 radical (unpaired) electrons. The lowest BCUT2D eigenvalue weighted by Gasteiger charge is -2.31. The number of fused-ring (bicyclic) bond motifs is 1. The zero-order chi connectivity index (χ0) is 23.8. The molecule has 1 saturated carbocycles. The molecule has 2 atom stereocenters. The maximum absolute atomic E-state index is 14.5. The minimum Gasteiger partial charge on any atom is -0.369 e. The molecule has 0 unspecified atom stereocenters. The van der Waals surface area contributed by atoms with E-state index >= 15 is 0 Å². The fraction of sp³-hybridized carbons (Fsp3) is 0.571. The van der Waals surface area contributed by atoms with Crippen LogP contribution in [0.3, 0.4) is 0 Å². The quantitative estimate of drug-likeness (QED) is 0.620. The van der Waals surface area contributed by atoms with E-state index in [1.807, 2.05) is 0 Å². The highest BCUT2D eigenvalue weighted by atomic mass is 32.2. The van der Waals surface area contributed by atoms with Crippen molar-refractivity contribution in [2.24, 2.45) is 16.6 Å². The van der Waals surface area contributed by atoms with Gasteiger partial charge in [-0.25, -0.2) is 22.8 Å². The van der Waals surface area contributed by atoms with Gasteiger partial charge in [-0.05, 0) is 25.3 Å². The number of hydrogen-bond acceptors (Lipinski definition) is 7. The maximum Gasteiger partial charge on any atom is 0.256 e. The Hall–Kier alpha value is -2.73. The molecule has 1 amide bonds. The van der Waals surface area contributed by atoms with Gasteiger partial charge in [-0.3, -0.25) is 14.2 Å². The average Bonchev–Trinajstić information content (AvgIpc) is 3.27. The second-order valence-corrected chi connectivity index (χ2v) is 10.7. The first-order chi connectivity index (χ1) is 15.6. The first-order valence-electron chi connectivity index (χ1n) is 11.0. The zero-order valence-electron chi connectivity index (χ0n) is 18.4. The molecule has 10 nitrogen and oxygen atoms in total. The van der Waals surface area contributed by atoms with Crippen LogP contribution in [0.2, 0.25) is 0 Å². The van der Waals surface area contributed by atoms with Gasteiger partial charge in [-0.2, -0.15) is 9.29 Å². The van der Waals surface area contributed by atoms with Crippen LogP contribution in [0, 0.1) is 5.92 Å². The summed E-state index contributed by atoms with van der Waals surface area (Å²) in [6.45, 7) is 0.0103. The van der Waals surface area contributed by atoms with Crippen LogP contribution in [0.5, 0.6) is 0 Å². The largest absolute Gasteiger partial charge is 0.369 e. The Morgan fingerprint density at radius 3 is 2.70 bits per heavy atom. The van der Waals surface area contributed by atoms with Crippen molar-refractivity contribution in [2.45, 2.75) is 50.7 Å². The number of sulfonamides is 1. The van der Waals surface area contributed by atoms with Crippen LogP contribution in [0.15, 0.2) is 22.1 Å². The zero-order valence-corrected chi connectivity index (χ0v) is 19.2. The molecular formula is C21H27FN6O4S. The number of halogens is 1. The SMILES string of the molecule is CS(=O)(=O)N1CC[C@@H](/C=N/c2ncc3cc(CC(N)=O)c(=O)n(C4CCCC4)c3n2)[C@H](F)C1. The number of amides is 1. The molecule has 2 fully saturated rings. The molecule has 0 bridgehead atoms. The fourth-order valence-electron chi connectivity index (χ4n) is 4.57. The summed E-state index contributed by atoms with van der Waals surface area (Å²) < 4.78 is 40.6. The van der Waals surface area contributed by atoms with Crippen LogP contribution in [-0.4, -0.2) is 64.9 Å². The molecule has 2 aromatic rings. The van der Waals surface area contributed by atoms with Crippen LogP contribution < -0.4 is 11.3 Å². The Kier molecular flexibility index (Phi) is 6.57. The van der Waals surface area contributed by atoms with Gasteiger partial charge in [0.15, 0.2) is 0 Å². The molecule has 33 heavy (non-hydrogen) atoms. The molecular weight excluding hydrogens is 451 g/mol. The smallest absolute Gasteiger partial charge is 0.256 e. The molecule has 3 heterocycles. The van der Waals surface area contributed by atoms with E-state index in [4.69, 9.17) is 5.73 Å². The summed E-state index contributed by atoms with van der Waals surface area (Å²) in [4.78, 5) is 37.5. The highest BCUT2D eigenvalue weighted by Gasteiger charge is 2.32. The van der Waals surface area contributed by atoms with Crippen LogP contribution in [0.1, 0.15) is 43.7 Å². The third kappa shape index (κ3) is 5.11. The number of primary amides is 1. The summed E-state index contributed by atoms with van der Waals surface area (Å²) in [5.74, 6) is -1.06. The molecule has 0 spiro atoms. The molecule has 12 heteroatoms. The Bertz CT molecular complexity index is 1260. The Morgan fingerprint density at radius 2 is 2.06 bits per heavy atom. The molecule has 2 N–H and O–H groups in total. The minimum absolute atomic E-state index is 0.0323. The van der Waals surface area contributed by atoms with Crippen LogP contribution in [0.25, 0.3) is 11.0 Å². The lowest BCUT2D eigenvalue weighted by atomic mass is 9.98. The second kappa shape index (κ2) is 9.26. The summed E-state index contributed by atoms with van der Waals surface area (Å²) in [6.07, 6.45) is 6.44. The molecule has 1 aliphatic carbocycles. The monoisotopic (exact) mass is 478 g/mol. The highest BCUT2D eigenvalue weighted by Crippen LogP contribution is 2.31. The van der Waals surface area contributed by atoms with Crippen molar-refractivity contribution in [3.05, 3.63) is 28.2 Å². The molecule has 4 rings (SSSR count). The third-order valence-electron chi connectivity index (χ3n) is 6.29. The van der Waals surface area contributed by atoms with E-state index in [-0.39, 0.29) is 37.1 Å². The number of aromatic nitrogens is 3. The van der Waals surface area contributed by atoms with Crippen molar-refractivity contribution in [2.75, 3.05) is 19.3 Å². The van der Waals surface area contributed by atoms with E-state index in [1.54, 1.807) is 10.6 Å². The average molecular weight is 479 g/mol. The number of piperidine rings is 1. The Labute approximate surface area is 190 Å². The molecule has 1 saturated heterocycles. The van der Waals surface area contributed by atoms with Crippen LogP contribution in [0.4, 0.5) is 10.3 Å². The number of nitrogens with zero attached hydrogens (tertiary/aromatic N) is 5. The van der Waals surface area contributed by atoms with Gasteiger partial charge in [0.1, 0.15) is 11.8 Å². The van der Waals surface area contributed by atoms with Gasteiger partial charge in [0.25, 0.3) is 11.5 Å². The Morgan fingerprint density at radius 1 is 1.33 bits per heavy atom. The van der Waals surface area contributed by atoms with E-state index in [2.05, 4.69) is 15.0 Å². The molecule has 0 aromatic carbocycles. The normalized spacial score (nSPS) is 23.0. The predicted octanol–water partition coefficient (Wildman–Crippen LogP) is 1.26. The second-order valence-electron chi connectivity index (χ2n) is 8.74. The van der Waals surface area contributed by atoms with Crippen molar-refractivity contribution in [3.63, 3.8) is 0 Å². The van der Waals surface area contributed by atoms with Crippen molar-refractivity contribution in [3.8, 4) is 0 Å². The summed E-state index contributed by atoms with van der Waals surface area (Å²) >= 11 is 0. The number of alkyl halides is 1. The van der Waals surface area contributed by atoms with Gasteiger partial charge in [0, 0.05) is 48.4 Å². The van der Waals surface area contributed by atoms with Crippen LogP contribution >= 0.6 is 0 Å². The first kappa shape index (κ1) is 23.4. The number of nitrogens with two attached hydrogens (primary N) is 1. The van der Waals surface area contributed by atoms with Crippen molar-refractivity contribution in [1.29, 1.82) is 0 Å². The summed E-state index contributed by atoms with van der Waals surface area (Å²) in [6, 6.07) is 1.55. The summed E-state index contributed by atoms with van der Waals surface area (Å²) in [5, 5.41) is 0.599. The van der Waals surface area contributed by atoms with E-state index in [0.717, 1.165) is 36.2 Å². The molecule has 178 valence electrons. The summed E-state index contributed by atoms with van der Waals surface area (Å²) in [5.41, 5.74) is 5.75. The van der Waals surface area contributed by atoms with Crippen molar-refractivity contribution >= 4 is 39.1 Å². The number of carbonyl (C=O) groups is 1. The van der Waals surface area contributed by atoms with E-state index < -0.39 is 28.0 Å². The molecule has 1 aliphatic heterocycles. The number of rotatable bonds is 6. The van der Waals surface area contributed by atoms with Gasteiger partial charge < -0.3 is 5.73 Å². The van der Waals surface area contributed by atoms with E-state index in [1.165, 1.54) is 12.4 Å². The van der Waals surface area contributed by atoms with E-state index in [0.29, 0.717) is 23.0 Å². The number of hydrogen-bond donors (Lipinski definition) is 1. The van der Waals surface area contributed by atoms with Gasteiger partial charge in [-0.15, -0.1) is 0 Å². The van der Waals surface area contributed by atoms with Crippen molar-refractivity contribution < 1.29 is 17.6 Å². The number of pyridine rings is 1. The molecule has 2 aromatic heterocycles. The van der Waals surface area contributed by atoms with Gasteiger partial charge in [-0.1, -0.05) is 12.8 Å². The number of carbonyl (C=O) groups excluding carboxylic acids is 1.